The van der Waals surface area contributed by atoms with Crippen LogP contribution in [0.2, 0.25) is 0 Å². The van der Waals surface area contributed by atoms with Gasteiger partial charge in [0.05, 0.1) is 5.69 Å². The summed E-state index contributed by atoms with van der Waals surface area (Å²) >= 11 is 3.28. The number of ether oxygens (including phenoxy) is 1. The first-order chi connectivity index (χ1) is 8.06. The molecule has 0 amide bonds. The number of carbonyl (C=O) groups excluding carboxylic acids is 1. The number of rotatable bonds is 2. The van der Waals surface area contributed by atoms with E-state index in [-0.39, 0.29) is 12.2 Å². The van der Waals surface area contributed by atoms with Gasteiger partial charge in [0.25, 0.3) is 5.56 Å². The van der Waals surface area contributed by atoms with Gasteiger partial charge in [0.2, 0.25) is 0 Å². The van der Waals surface area contributed by atoms with E-state index in [0.29, 0.717) is 11.3 Å². The van der Waals surface area contributed by atoms with Crippen molar-refractivity contribution in [1.82, 2.24) is 9.38 Å². The molecule has 88 valence electrons. The maximum Gasteiger partial charge on any atom is 0.303 e. The van der Waals surface area contributed by atoms with Crippen molar-refractivity contribution in [2.24, 2.45) is 0 Å². The van der Waals surface area contributed by atoms with Crippen LogP contribution in [0.15, 0.2) is 33.7 Å². The maximum atomic E-state index is 11.8. The molecule has 0 N–H and O–H groups in total. The molecule has 0 fully saturated rings. The average Bonchev–Trinajstić information content (AvgIpc) is 2.27. The van der Waals surface area contributed by atoms with Gasteiger partial charge in [0.1, 0.15) is 12.3 Å². The Balaban J connectivity index is 2.45. The van der Waals surface area contributed by atoms with Crippen molar-refractivity contribution in [3.63, 3.8) is 0 Å². The summed E-state index contributed by atoms with van der Waals surface area (Å²) in [7, 11) is 0. The number of halogens is 1. The van der Waals surface area contributed by atoms with E-state index in [1.807, 2.05) is 0 Å². The first kappa shape index (κ1) is 11.8. The maximum absolute atomic E-state index is 11.8. The third kappa shape index (κ3) is 2.71. The largest absolute Gasteiger partial charge is 0.459 e. The van der Waals surface area contributed by atoms with Gasteiger partial charge in [0.15, 0.2) is 0 Å². The van der Waals surface area contributed by atoms with Crippen LogP contribution in [0.3, 0.4) is 0 Å². The van der Waals surface area contributed by atoms with E-state index in [4.69, 9.17) is 4.74 Å². The summed E-state index contributed by atoms with van der Waals surface area (Å²) in [4.78, 5) is 26.6. The molecular weight excluding hydrogens is 288 g/mol. The van der Waals surface area contributed by atoms with Crippen molar-refractivity contribution in [3.05, 3.63) is 44.9 Å². The van der Waals surface area contributed by atoms with Gasteiger partial charge in [-0.15, -0.1) is 0 Å². The van der Waals surface area contributed by atoms with Crippen LogP contribution in [-0.4, -0.2) is 15.4 Å². The molecule has 2 aromatic rings. The van der Waals surface area contributed by atoms with Crippen LogP contribution in [0.5, 0.6) is 0 Å². The lowest BCUT2D eigenvalue weighted by molar-refractivity contribution is -0.142. The third-order valence-electron chi connectivity index (χ3n) is 2.10. The fraction of sp³-hybridized carbons (Fsp3) is 0.182. The number of nitrogens with zero attached hydrogens (tertiary/aromatic N) is 2. The van der Waals surface area contributed by atoms with Gasteiger partial charge in [-0.05, 0) is 28.1 Å². The number of aromatic nitrogens is 2. The van der Waals surface area contributed by atoms with Gasteiger partial charge in [-0.3, -0.25) is 14.0 Å². The van der Waals surface area contributed by atoms with Crippen LogP contribution in [0.25, 0.3) is 5.65 Å². The van der Waals surface area contributed by atoms with E-state index in [0.717, 1.165) is 4.47 Å². The molecule has 0 aliphatic rings. The summed E-state index contributed by atoms with van der Waals surface area (Å²) in [6, 6.07) is 4.85. The summed E-state index contributed by atoms with van der Waals surface area (Å²) in [5, 5.41) is 0. The molecule has 0 unspecified atom stereocenters. The molecule has 2 aromatic heterocycles. The molecule has 0 radical (unpaired) electrons. The lowest BCUT2D eigenvalue weighted by Gasteiger charge is -2.04. The fourth-order valence-corrected chi connectivity index (χ4v) is 1.71. The molecule has 0 spiro atoms. The van der Waals surface area contributed by atoms with Gasteiger partial charge in [-0.2, -0.15) is 0 Å². The smallest absolute Gasteiger partial charge is 0.303 e. The molecule has 17 heavy (non-hydrogen) atoms. The molecular formula is C11H9BrN2O3. The second kappa shape index (κ2) is 4.67. The minimum atomic E-state index is -0.400. The Hall–Kier alpha value is -1.69. The number of hydrogen-bond acceptors (Lipinski definition) is 4. The van der Waals surface area contributed by atoms with Gasteiger partial charge >= 0.3 is 5.97 Å². The zero-order valence-corrected chi connectivity index (χ0v) is 10.6. The number of carbonyl (C=O) groups is 1. The molecule has 6 heteroatoms. The highest BCUT2D eigenvalue weighted by atomic mass is 79.9. The van der Waals surface area contributed by atoms with Crippen LogP contribution in [0, 0.1) is 0 Å². The quantitative estimate of drug-likeness (QED) is 0.789. The summed E-state index contributed by atoms with van der Waals surface area (Å²) in [5.41, 5.74) is 0.744. The number of pyridine rings is 1. The van der Waals surface area contributed by atoms with E-state index in [2.05, 4.69) is 20.9 Å². The average molecular weight is 297 g/mol. The fourth-order valence-electron chi connectivity index (χ4n) is 1.38. The number of hydrogen-bond donors (Lipinski definition) is 0. The Morgan fingerprint density at radius 2 is 2.29 bits per heavy atom. The molecule has 2 rings (SSSR count). The molecule has 0 bridgehead atoms. The predicted molar refractivity (Wildman–Crippen MR) is 64.6 cm³/mol. The third-order valence-corrected chi connectivity index (χ3v) is 2.57. The highest BCUT2D eigenvalue weighted by Crippen LogP contribution is 2.09. The Morgan fingerprint density at radius 1 is 1.53 bits per heavy atom. The minimum Gasteiger partial charge on any atom is -0.459 e. The lowest BCUT2D eigenvalue weighted by Crippen LogP contribution is -2.16. The normalized spacial score (nSPS) is 10.5. The standard InChI is InChI=1S/C11H9BrN2O3/c1-7(15)17-6-9-4-11(16)14-5-8(12)2-3-10(14)13-9/h2-5H,6H2,1H3. The van der Waals surface area contributed by atoms with Crippen molar-refractivity contribution >= 4 is 27.5 Å². The summed E-state index contributed by atoms with van der Waals surface area (Å²) in [6.45, 7) is 1.32. The van der Waals surface area contributed by atoms with Crippen LogP contribution < -0.4 is 5.56 Å². The van der Waals surface area contributed by atoms with E-state index < -0.39 is 5.97 Å². The second-order valence-electron chi connectivity index (χ2n) is 3.44. The van der Waals surface area contributed by atoms with Crippen molar-refractivity contribution < 1.29 is 9.53 Å². The van der Waals surface area contributed by atoms with Crippen molar-refractivity contribution in [2.75, 3.05) is 0 Å². The molecule has 0 saturated carbocycles. The van der Waals surface area contributed by atoms with Crippen LogP contribution in [-0.2, 0) is 16.1 Å². The first-order valence-corrected chi connectivity index (χ1v) is 5.67. The van der Waals surface area contributed by atoms with Crippen molar-refractivity contribution in [1.29, 1.82) is 0 Å². The van der Waals surface area contributed by atoms with Crippen LogP contribution in [0.1, 0.15) is 12.6 Å². The number of esters is 1. The zero-order chi connectivity index (χ0) is 12.4. The van der Waals surface area contributed by atoms with Crippen molar-refractivity contribution in [2.45, 2.75) is 13.5 Å². The van der Waals surface area contributed by atoms with Crippen molar-refractivity contribution in [3.8, 4) is 0 Å². The van der Waals surface area contributed by atoms with Crippen LogP contribution in [0.4, 0.5) is 0 Å². The lowest BCUT2D eigenvalue weighted by atomic mass is 10.4. The molecule has 0 aliphatic heterocycles. The topological polar surface area (TPSA) is 60.7 Å². The SMILES string of the molecule is CC(=O)OCc1cc(=O)n2cc(Br)ccc2n1. The zero-order valence-electron chi connectivity index (χ0n) is 9.01. The van der Waals surface area contributed by atoms with Gasteiger partial charge in [-0.1, -0.05) is 0 Å². The monoisotopic (exact) mass is 296 g/mol. The van der Waals surface area contributed by atoms with E-state index in [1.165, 1.54) is 17.4 Å². The molecule has 5 nitrogen and oxygen atoms in total. The molecule has 0 atom stereocenters. The Labute approximate surface area is 105 Å². The van der Waals surface area contributed by atoms with Gasteiger partial charge < -0.3 is 4.74 Å². The first-order valence-electron chi connectivity index (χ1n) is 4.87. The van der Waals surface area contributed by atoms with Gasteiger partial charge in [-0.25, -0.2) is 4.98 Å². The minimum absolute atomic E-state index is 0.0110. The molecule has 0 saturated heterocycles. The number of fused-ring (bicyclic) bond motifs is 1. The highest BCUT2D eigenvalue weighted by molar-refractivity contribution is 9.10. The van der Waals surface area contributed by atoms with E-state index in [9.17, 15) is 9.59 Å². The predicted octanol–water partition coefficient (Wildman–Crippen LogP) is 1.52. The summed E-state index contributed by atoms with van der Waals surface area (Å²) < 4.78 is 7.01. The highest BCUT2D eigenvalue weighted by Gasteiger charge is 2.04. The Bertz CT molecular complexity index is 636. The molecule has 0 aliphatic carbocycles. The van der Waals surface area contributed by atoms with Gasteiger partial charge in [0, 0.05) is 23.7 Å². The van der Waals surface area contributed by atoms with Crippen LogP contribution >= 0.6 is 15.9 Å². The van der Waals surface area contributed by atoms with E-state index >= 15 is 0 Å². The Morgan fingerprint density at radius 3 is 3.00 bits per heavy atom. The summed E-state index contributed by atoms with van der Waals surface area (Å²) in [5.74, 6) is -0.400. The molecule has 0 aromatic carbocycles. The summed E-state index contributed by atoms with van der Waals surface area (Å²) in [6.07, 6.45) is 1.64. The second-order valence-corrected chi connectivity index (χ2v) is 4.36. The van der Waals surface area contributed by atoms with E-state index in [1.54, 1.807) is 18.3 Å². The molecule has 2 heterocycles. The Kier molecular flexibility index (Phi) is 3.23.